The van der Waals surface area contributed by atoms with Crippen LogP contribution in [0.2, 0.25) is 10.0 Å². The summed E-state index contributed by atoms with van der Waals surface area (Å²) in [5.74, 6) is 5.65. The van der Waals surface area contributed by atoms with Crippen LogP contribution in [0.15, 0.2) is 29.0 Å². The fourth-order valence-corrected chi connectivity index (χ4v) is 3.21. The normalized spacial score (nSPS) is 12.7. The average molecular weight is 301 g/mol. The van der Waals surface area contributed by atoms with Crippen LogP contribution in [0.25, 0.3) is 0 Å². The maximum absolute atomic E-state index is 6.20. The van der Waals surface area contributed by atoms with Gasteiger partial charge in [-0.2, -0.15) is 11.3 Å². The van der Waals surface area contributed by atoms with Crippen molar-refractivity contribution < 1.29 is 0 Å². The Kier molecular flexibility index (Phi) is 4.65. The zero-order valence-electron chi connectivity index (χ0n) is 9.91. The van der Waals surface area contributed by atoms with Crippen LogP contribution in [-0.4, -0.2) is 0 Å². The Hall–Kier alpha value is -0.580. The third-order valence-electron chi connectivity index (χ3n) is 2.93. The number of nitrogens with one attached hydrogen (secondary N) is 1. The zero-order chi connectivity index (χ0) is 13.1. The molecule has 1 aromatic carbocycles. The molecule has 0 radical (unpaired) electrons. The predicted molar refractivity (Wildman–Crippen MR) is 79.3 cm³/mol. The minimum atomic E-state index is 0.0483. The standard InChI is InChI=1S/C13H14Cl2N2S/c1-8-6-18-7-10(8)12(17-16)5-9-3-2-4-11(14)13(9)15/h2-4,6-7,12,17H,5,16H2,1H3. The molecule has 5 heteroatoms. The molecule has 18 heavy (non-hydrogen) atoms. The molecule has 0 spiro atoms. The maximum Gasteiger partial charge on any atom is 0.0624 e. The molecule has 1 aromatic heterocycles. The van der Waals surface area contributed by atoms with Gasteiger partial charge in [-0.25, -0.2) is 0 Å². The Morgan fingerprint density at radius 1 is 1.33 bits per heavy atom. The molecule has 1 heterocycles. The molecule has 2 aromatic rings. The van der Waals surface area contributed by atoms with Gasteiger partial charge >= 0.3 is 0 Å². The predicted octanol–water partition coefficient (Wildman–Crippen LogP) is 4.11. The molecule has 0 aliphatic heterocycles. The van der Waals surface area contributed by atoms with Crippen molar-refractivity contribution in [2.45, 2.75) is 19.4 Å². The molecule has 0 aliphatic carbocycles. The second-order valence-electron chi connectivity index (χ2n) is 4.15. The van der Waals surface area contributed by atoms with Crippen molar-refractivity contribution in [2.24, 2.45) is 5.84 Å². The first-order valence-electron chi connectivity index (χ1n) is 5.55. The van der Waals surface area contributed by atoms with Gasteiger partial charge < -0.3 is 0 Å². The molecule has 1 atom stereocenters. The molecule has 2 nitrogen and oxygen atoms in total. The van der Waals surface area contributed by atoms with Gasteiger partial charge in [0, 0.05) is 0 Å². The lowest BCUT2D eigenvalue weighted by atomic mass is 9.99. The quantitative estimate of drug-likeness (QED) is 0.659. The van der Waals surface area contributed by atoms with Crippen molar-refractivity contribution in [3.8, 4) is 0 Å². The largest absolute Gasteiger partial charge is 0.271 e. The number of hydrazine groups is 1. The number of halogens is 2. The van der Waals surface area contributed by atoms with Crippen LogP contribution in [0.5, 0.6) is 0 Å². The number of rotatable bonds is 4. The van der Waals surface area contributed by atoms with Gasteiger partial charge in [-0.15, -0.1) is 0 Å². The monoisotopic (exact) mass is 300 g/mol. The fraction of sp³-hybridized carbons (Fsp3) is 0.231. The molecule has 96 valence electrons. The molecule has 0 bridgehead atoms. The number of hydrogen-bond donors (Lipinski definition) is 2. The first-order valence-corrected chi connectivity index (χ1v) is 7.25. The van der Waals surface area contributed by atoms with Crippen LogP contribution in [0.4, 0.5) is 0 Å². The summed E-state index contributed by atoms with van der Waals surface area (Å²) in [6.07, 6.45) is 0.716. The highest BCUT2D eigenvalue weighted by Gasteiger charge is 2.16. The zero-order valence-corrected chi connectivity index (χ0v) is 12.2. The van der Waals surface area contributed by atoms with E-state index in [0.29, 0.717) is 16.5 Å². The third kappa shape index (κ3) is 2.87. The highest BCUT2D eigenvalue weighted by molar-refractivity contribution is 7.08. The maximum atomic E-state index is 6.20. The lowest BCUT2D eigenvalue weighted by molar-refractivity contribution is 0.551. The molecule has 0 amide bonds. The minimum Gasteiger partial charge on any atom is -0.271 e. The lowest BCUT2D eigenvalue weighted by Crippen LogP contribution is -2.29. The Morgan fingerprint density at radius 2 is 2.11 bits per heavy atom. The van der Waals surface area contributed by atoms with E-state index < -0.39 is 0 Å². The number of benzene rings is 1. The Labute approximate surface area is 121 Å². The van der Waals surface area contributed by atoms with Gasteiger partial charge in [-0.3, -0.25) is 11.3 Å². The van der Waals surface area contributed by atoms with E-state index in [0.717, 1.165) is 5.56 Å². The summed E-state index contributed by atoms with van der Waals surface area (Å²) >= 11 is 13.9. The molecule has 1 unspecified atom stereocenters. The van der Waals surface area contributed by atoms with Crippen LogP contribution in [0.1, 0.15) is 22.7 Å². The number of thiophene rings is 1. The van der Waals surface area contributed by atoms with Crippen LogP contribution in [0, 0.1) is 6.92 Å². The first-order chi connectivity index (χ1) is 8.63. The van der Waals surface area contributed by atoms with Crippen molar-refractivity contribution in [3.05, 3.63) is 55.7 Å². The van der Waals surface area contributed by atoms with Crippen molar-refractivity contribution in [1.82, 2.24) is 5.43 Å². The van der Waals surface area contributed by atoms with E-state index >= 15 is 0 Å². The highest BCUT2D eigenvalue weighted by Crippen LogP contribution is 2.30. The number of aryl methyl sites for hydroxylation is 1. The number of nitrogens with two attached hydrogens (primary N) is 1. The van der Waals surface area contributed by atoms with E-state index in [9.17, 15) is 0 Å². The van der Waals surface area contributed by atoms with E-state index in [2.05, 4.69) is 23.1 Å². The average Bonchev–Trinajstić information content (AvgIpc) is 2.77. The van der Waals surface area contributed by atoms with Crippen molar-refractivity contribution in [1.29, 1.82) is 0 Å². The molecule has 3 N–H and O–H groups in total. The topological polar surface area (TPSA) is 38.0 Å². The second-order valence-corrected chi connectivity index (χ2v) is 5.68. The van der Waals surface area contributed by atoms with Gasteiger partial charge in [0.05, 0.1) is 16.1 Å². The van der Waals surface area contributed by atoms with Gasteiger partial charge in [0.15, 0.2) is 0 Å². The van der Waals surface area contributed by atoms with Gasteiger partial charge in [-0.1, -0.05) is 35.3 Å². The summed E-state index contributed by atoms with van der Waals surface area (Å²) in [6.45, 7) is 2.08. The highest BCUT2D eigenvalue weighted by atomic mass is 35.5. The molecular formula is C13H14Cl2N2S. The fourth-order valence-electron chi connectivity index (χ4n) is 1.91. The second kappa shape index (κ2) is 6.04. The lowest BCUT2D eigenvalue weighted by Gasteiger charge is -2.17. The van der Waals surface area contributed by atoms with E-state index in [4.69, 9.17) is 29.0 Å². The molecule has 2 rings (SSSR count). The van der Waals surface area contributed by atoms with Crippen LogP contribution >= 0.6 is 34.5 Å². The number of hydrogen-bond acceptors (Lipinski definition) is 3. The van der Waals surface area contributed by atoms with Gasteiger partial charge in [0.25, 0.3) is 0 Å². The van der Waals surface area contributed by atoms with E-state index in [1.165, 1.54) is 11.1 Å². The molecule has 0 saturated carbocycles. The van der Waals surface area contributed by atoms with Gasteiger partial charge in [0.2, 0.25) is 0 Å². The van der Waals surface area contributed by atoms with Crippen LogP contribution in [0.3, 0.4) is 0 Å². The molecule has 0 saturated heterocycles. The summed E-state index contributed by atoms with van der Waals surface area (Å²) < 4.78 is 0. The van der Waals surface area contributed by atoms with Crippen LogP contribution in [-0.2, 0) is 6.42 Å². The Balaban J connectivity index is 2.26. The SMILES string of the molecule is Cc1cscc1C(Cc1cccc(Cl)c1Cl)NN. The summed E-state index contributed by atoms with van der Waals surface area (Å²) in [4.78, 5) is 0. The van der Waals surface area contributed by atoms with E-state index in [1.807, 2.05) is 12.1 Å². The summed E-state index contributed by atoms with van der Waals surface area (Å²) in [7, 11) is 0. The Bertz CT molecular complexity index is 540. The molecule has 0 fully saturated rings. The summed E-state index contributed by atoms with van der Waals surface area (Å²) in [5.41, 5.74) is 6.29. The van der Waals surface area contributed by atoms with Gasteiger partial charge in [-0.05, 0) is 46.9 Å². The third-order valence-corrected chi connectivity index (χ3v) is 4.67. The first kappa shape index (κ1) is 13.8. The van der Waals surface area contributed by atoms with E-state index in [1.54, 1.807) is 17.4 Å². The van der Waals surface area contributed by atoms with Crippen molar-refractivity contribution >= 4 is 34.5 Å². The van der Waals surface area contributed by atoms with Gasteiger partial charge in [0.1, 0.15) is 0 Å². The van der Waals surface area contributed by atoms with Crippen molar-refractivity contribution in [3.63, 3.8) is 0 Å². The summed E-state index contributed by atoms with van der Waals surface area (Å²) in [5, 5.41) is 5.40. The van der Waals surface area contributed by atoms with E-state index in [-0.39, 0.29) is 6.04 Å². The smallest absolute Gasteiger partial charge is 0.0624 e. The van der Waals surface area contributed by atoms with Crippen molar-refractivity contribution in [2.75, 3.05) is 0 Å². The minimum absolute atomic E-state index is 0.0483. The van der Waals surface area contributed by atoms with Crippen LogP contribution < -0.4 is 11.3 Å². The molecular weight excluding hydrogens is 287 g/mol. The summed E-state index contributed by atoms with van der Waals surface area (Å²) in [6, 6.07) is 5.71. The Morgan fingerprint density at radius 3 is 2.72 bits per heavy atom. The molecule has 0 aliphatic rings.